The van der Waals surface area contributed by atoms with E-state index in [0.29, 0.717) is 12.1 Å². The molecule has 2 aromatic rings. The van der Waals surface area contributed by atoms with Gasteiger partial charge in [-0.1, -0.05) is 11.6 Å². The van der Waals surface area contributed by atoms with Crippen molar-refractivity contribution in [1.29, 1.82) is 0 Å². The Morgan fingerprint density at radius 3 is 2.12 bits per heavy atom. The first-order chi connectivity index (χ1) is 11.7. The number of hydrogen-bond donors (Lipinski definition) is 4. The Bertz CT molecular complexity index is 1140. The van der Waals surface area contributed by atoms with Crippen molar-refractivity contribution in [3.8, 4) is 22.6 Å². The molecule has 0 aliphatic heterocycles. The van der Waals surface area contributed by atoms with E-state index in [9.17, 15) is 41.7 Å². The molecule has 0 bridgehead atoms. The van der Waals surface area contributed by atoms with E-state index >= 15 is 0 Å². The van der Waals surface area contributed by atoms with Crippen molar-refractivity contribution in [1.82, 2.24) is 0 Å². The fourth-order valence-corrected chi connectivity index (χ4v) is 3.69. The Hall–Kier alpha value is -2.45. The zero-order valence-corrected chi connectivity index (χ0v) is 14.5. The summed E-state index contributed by atoms with van der Waals surface area (Å²) in [7, 11) is -10.2. The molecule has 0 saturated heterocycles. The average molecular weight is 425 g/mol. The molecule has 0 atom stereocenters. The first-order valence-electron chi connectivity index (χ1n) is 6.15. The normalized spacial score (nSPS) is 12.1. The predicted octanol–water partition coefficient (Wildman–Crippen LogP) is 1.62. The van der Waals surface area contributed by atoms with E-state index in [1.54, 1.807) is 0 Å². The first-order valence-corrected chi connectivity index (χ1v) is 9.41. The molecule has 0 aliphatic carbocycles. The van der Waals surface area contributed by atoms with E-state index in [0.717, 1.165) is 6.07 Å². The summed E-state index contributed by atoms with van der Waals surface area (Å²) in [5, 5.41) is 30.2. The Morgan fingerprint density at radius 1 is 1.08 bits per heavy atom. The minimum atomic E-state index is -5.19. The van der Waals surface area contributed by atoms with Crippen molar-refractivity contribution in [3.05, 3.63) is 39.4 Å². The van der Waals surface area contributed by atoms with Crippen LogP contribution in [0.25, 0.3) is 11.1 Å². The van der Waals surface area contributed by atoms with Gasteiger partial charge in [0, 0.05) is 23.3 Å². The predicted molar refractivity (Wildman–Crippen MR) is 85.3 cm³/mol. The highest BCUT2D eigenvalue weighted by atomic mass is 35.5. The van der Waals surface area contributed by atoms with Gasteiger partial charge in [-0.15, -0.1) is 0 Å². The maximum absolute atomic E-state index is 11.5. The summed E-state index contributed by atoms with van der Waals surface area (Å²) in [6.07, 6.45) is 0. The standard InChI is InChI=1S/C12H7ClNO10S2/c13-7-1-2-9(15)12(26(22,23)24)10(7)6-3-5(25(19,20)21)4-8(11(6)16)14(17)18/h1,3-4,15-16H,(H,19,20,21)(H,22,23,24). The molecule has 0 aliphatic rings. The fraction of sp³-hybridized carbons (Fsp3) is 0. The molecule has 139 valence electrons. The number of phenolic OH excluding ortho intramolecular Hbond substituents is 2. The van der Waals surface area contributed by atoms with Crippen LogP contribution in [0.1, 0.15) is 0 Å². The molecule has 0 aromatic heterocycles. The number of nitro benzene ring substituents is 1. The highest BCUT2D eigenvalue weighted by molar-refractivity contribution is 7.86. The highest BCUT2D eigenvalue weighted by Gasteiger charge is 2.31. The summed E-state index contributed by atoms with van der Waals surface area (Å²) < 4.78 is 64.2. The fourth-order valence-electron chi connectivity index (χ4n) is 2.07. The molecule has 0 fully saturated rings. The summed E-state index contributed by atoms with van der Waals surface area (Å²) in [6.45, 7) is 0. The Morgan fingerprint density at radius 2 is 1.65 bits per heavy atom. The molecule has 0 spiro atoms. The summed E-state index contributed by atoms with van der Waals surface area (Å²) in [4.78, 5) is 7.48. The van der Waals surface area contributed by atoms with Gasteiger partial charge in [0.1, 0.15) is 15.5 Å². The van der Waals surface area contributed by atoms with Crippen molar-refractivity contribution < 1.29 is 41.1 Å². The molecular weight excluding hydrogens is 418 g/mol. The lowest BCUT2D eigenvalue weighted by Gasteiger charge is -2.13. The van der Waals surface area contributed by atoms with E-state index in [1.165, 1.54) is 0 Å². The van der Waals surface area contributed by atoms with Crippen molar-refractivity contribution in [2.24, 2.45) is 0 Å². The van der Waals surface area contributed by atoms with Crippen molar-refractivity contribution >= 4 is 37.5 Å². The molecule has 0 saturated carbocycles. The number of aromatic hydroxyl groups is 2. The number of nitro groups is 1. The maximum atomic E-state index is 11.5. The number of phenols is 2. The van der Waals surface area contributed by atoms with Crippen molar-refractivity contribution in [2.45, 2.75) is 9.79 Å². The zero-order chi connectivity index (χ0) is 20.0. The number of hydrogen-bond acceptors (Lipinski definition) is 8. The van der Waals surface area contributed by atoms with Gasteiger partial charge in [0.05, 0.1) is 9.95 Å². The smallest absolute Gasteiger partial charge is 0.312 e. The summed E-state index contributed by atoms with van der Waals surface area (Å²) in [5.74, 6) is -2.37. The zero-order valence-electron chi connectivity index (χ0n) is 12.1. The van der Waals surface area contributed by atoms with Crippen LogP contribution in [0.2, 0.25) is 5.02 Å². The highest BCUT2D eigenvalue weighted by Crippen LogP contribution is 2.46. The number of halogens is 1. The lowest BCUT2D eigenvalue weighted by molar-refractivity contribution is -0.386. The summed E-state index contributed by atoms with van der Waals surface area (Å²) in [5.41, 5.74) is -2.90. The third-order valence-corrected chi connectivity index (χ3v) is 5.14. The molecule has 0 unspecified atom stereocenters. The van der Waals surface area contributed by atoms with Crippen molar-refractivity contribution in [2.75, 3.05) is 0 Å². The molecule has 14 heteroatoms. The molecule has 26 heavy (non-hydrogen) atoms. The quantitative estimate of drug-likeness (QED) is 0.318. The van der Waals surface area contributed by atoms with Crippen molar-refractivity contribution in [3.63, 3.8) is 0 Å². The van der Waals surface area contributed by atoms with Crippen LogP contribution in [0.3, 0.4) is 0 Å². The maximum Gasteiger partial charge on any atom is 0.312 e. The largest absolute Gasteiger partial charge is 0.506 e. The second-order valence-corrected chi connectivity index (χ2v) is 7.92. The van der Waals surface area contributed by atoms with Gasteiger partial charge in [0.25, 0.3) is 20.2 Å². The van der Waals surface area contributed by atoms with E-state index in [1.807, 2.05) is 6.07 Å². The van der Waals surface area contributed by atoms with Gasteiger partial charge in [-0.2, -0.15) is 16.8 Å². The molecular formula is C12H7ClNO10S2. The van der Waals surface area contributed by atoms with E-state index in [-0.39, 0.29) is 0 Å². The third-order valence-electron chi connectivity index (χ3n) is 3.10. The Labute approximate surface area is 150 Å². The second-order valence-electron chi connectivity index (χ2n) is 4.74. The monoisotopic (exact) mass is 424 g/mol. The minimum Gasteiger partial charge on any atom is -0.506 e. The van der Waals surface area contributed by atoms with Crippen LogP contribution in [-0.2, 0) is 20.2 Å². The molecule has 0 amide bonds. The molecule has 2 rings (SSSR count). The number of nitrogens with zero attached hydrogens (tertiary/aromatic N) is 1. The van der Waals surface area contributed by atoms with Gasteiger partial charge in [-0.05, 0) is 12.1 Å². The molecule has 4 N–H and O–H groups in total. The molecule has 11 nitrogen and oxygen atoms in total. The second kappa shape index (κ2) is 6.37. The van der Waals surface area contributed by atoms with Crippen LogP contribution in [0.15, 0.2) is 28.0 Å². The average Bonchev–Trinajstić information content (AvgIpc) is 2.47. The molecule has 0 heterocycles. The van der Waals surface area contributed by atoms with Gasteiger partial charge in [0.15, 0.2) is 0 Å². The molecule has 2 aromatic carbocycles. The van der Waals surface area contributed by atoms with Crippen LogP contribution >= 0.6 is 11.6 Å². The first kappa shape index (κ1) is 19.9. The third kappa shape index (κ3) is 3.56. The van der Waals surface area contributed by atoms with E-state index in [4.69, 9.17) is 16.2 Å². The van der Waals surface area contributed by atoms with Gasteiger partial charge in [0.2, 0.25) is 5.75 Å². The van der Waals surface area contributed by atoms with Gasteiger partial charge in [-0.3, -0.25) is 19.2 Å². The van der Waals surface area contributed by atoms with Gasteiger partial charge >= 0.3 is 5.69 Å². The topological polar surface area (TPSA) is 192 Å². The van der Waals surface area contributed by atoms with Crippen LogP contribution in [0.4, 0.5) is 5.69 Å². The van der Waals surface area contributed by atoms with Crippen LogP contribution < -0.4 is 0 Å². The lowest BCUT2D eigenvalue weighted by atomic mass is 10.0. The number of rotatable bonds is 4. The van der Waals surface area contributed by atoms with Crippen LogP contribution in [-0.4, -0.2) is 41.1 Å². The van der Waals surface area contributed by atoms with Gasteiger partial charge in [-0.25, -0.2) is 0 Å². The lowest BCUT2D eigenvalue weighted by Crippen LogP contribution is -2.05. The molecule has 1 radical (unpaired) electrons. The van der Waals surface area contributed by atoms with E-state index < -0.39 is 68.3 Å². The van der Waals surface area contributed by atoms with E-state index in [2.05, 4.69) is 0 Å². The summed E-state index contributed by atoms with van der Waals surface area (Å²) >= 11 is 5.80. The SMILES string of the molecule is O=[N+]([O-])c1cc(S(=O)(=O)O)cc(-c2c(Cl)c[c]c(O)c2S(=O)(=O)O)c1O. The van der Waals surface area contributed by atoms with Crippen LogP contribution in [0, 0.1) is 16.2 Å². The minimum absolute atomic E-state index is 0.324. The Kier molecular flexibility index (Phi) is 4.87. The summed E-state index contributed by atoms with van der Waals surface area (Å²) in [6, 6.07) is 3.60. The Balaban J connectivity index is 3.11. The van der Waals surface area contributed by atoms with Crippen LogP contribution in [0.5, 0.6) is 11.5 Å². The van der Waals surface area contributed by atoms with Gasteiger partial charge < -0.3 is 10.2 Å². The number of benzene rings is 2.